The van der Waals surface area contributed by atoms with E-state index in [-0.39, 0.29) is 0 Å². The molecule has 0 radical (unpaired) electrons. The van der Waals surface area contributed by atoms with E-state index < -0.39 is 0 Å². The molecule has 4 aromatic rings. The van der Waals surface area contributed by atoms with E-state index in [0.29, 0.717) is 33.7 Å². The SMILES string of the molecule is COc1cc(Nc2ccn3ncc(-c4cccc(Cl)c4)c3n2)cc(OC)c1OC. The van der Waals surface area contributed by atoms with Crippen LogP contribution in [0.4, 0.5) is 11.5 Å². The minimum absolute atomic E-state index is 0.531. The number of hydrogen-bond acceptors (Lipinski definition) is 6. The Kier molecular flexibility index (Phi) is 5.14. The highest BCUT2D eigenvalue weighted by Crippen LogP contribution is 2.40. The van der Waals surface area contributed by atoms with Gasteiger partial charge in [0.1, 0.15) is 5.82 Å². The molecule has 0 aliphatic rings. The number of nitrogens with one attached hydrogen (secondary N) is 1. The van der Waals surface area contributed by atoms with Crippen LogP contribution in [0, 0.1) is 0 Å². The van der Waals surface area contributed by atoms with Crippen LogP contribution < -0.4 is 19.5 Å². The molecule has 2 heterocycles. The lowest BCUT2D eigenvalue weighted by atomic mass is 10.1. The number of halogens is 1. The molecule has 8 heteroatoms. The summed E-state index contributed by atoms with van der Waals surface area (Å²) in [6, 6.07) is 13.1. The smallest absolute Gasteiger partial charge is 0.203 e. The van der Waals surface area contributed by atoms with Gasteiger partial charge in [-0.2, -0.15) is 5.10 Å². The van der Waals surface area contributed by atoms with E-state index in [1.165, 1.54) is 0 Å². The summed E-state index contributed by atoms with van der Waals surface area (Å²) in [5, 5.41) is 8.32. The molecule has 7 nitrogen and oxygen atoms in total. The summed E-state index contributed by atoms with van der Waals surface area (Å²) in [5.74, 6) is 2.29. The van der Waals surface area contributed by atoms with Crippen molar-refractivity contribution >= 4 is 28.8 Å². The number of rotatable bonds is 6. The summed E-state index contributed by atoms with van der Waals surface area (Å²) >= 11 is 6.14. The normalized spacial score (nSPS) is 10.8. The van der Waals surface area contributed by atoms with E-state index in [4.69, 9.17) is 30.8 Å². The topological polar surface area (TPSA) is 69.9 Å². The summed E-state index contributed by atoms with van der Waals surface area (Å²) in [7, 11) is 4.73. The highest BCUT2D eigenvalue weighted by molar-refractivity contribution is 6.30. The molecule has 0 atom stereocenters. The maximum absolute atomic E-state index is 6.14. The van der Waals surface area contributed by atoms with Crippen LogP contribution in [-0.4, -0.2) is 35.9 Å². The molecule has 2 aromatic heterocycles. The Balaban J connectivity index is 1.73. The molecule has 4 rings (SSSR count). The molecular weight excluding hydrogens is 392 g/mol. The lowest BCUT2D eigenvalue weighted by Gasteiger charge is -2.15. The number of methoxy groups -OCH3 is 3. The predicted molar refractivity (Wildman–Crippen MR) is 113 cm³/mol. The van der Waals surface area contributed by atoms with E-state index >= 15 is 0 Å². The van der Waals surface area contributed by atoms with Crippen molar-refractivity contribution < 1.29 is 14.2 Å². The molecule has 0 spiro atoms. The molecule has 0 amide bonds. The van der Waals surface area contributed by atoms with Crippen LogP contribution in [0.15, 0.2) is 54.9 Å². The van der Waals surface area contributed by atoms with Gasteiger partial charge in [0.05, 0.1) is 27.5 Å². The summed E-state index contributed by atoms with van der Waals surface area (Å²) in [5.41, 5.74) is 3.30. The van der Waals surface area contributed by atoms with Gasteiger partial charge in [-0.3, -0.25) is 0 Å². The maximum atomic E-state index is 6.14. The van der Waals surface area contributed by atoms with Gasteiger partial charge in [0.15, 0.2) is 17.1 Å². The van der Waals surface area contributed by atoms with Crippen molar-refractivity contribution in [2.24, 2.45) is 0 Å². The second-order valence-electron chi connectivity index (χ2n) is 6.19. The highest BCUT2D eigenvalue weighted by atomic mass is 35.5. The molecule has 2 aromatic carbocycles. The Morgan fingerprint density at radius 1 is 0.966 bits per heavy atom. The number of hydrogen-bond donors (Lipinski definition) is 1. The Bertz CT molecular complexity index is 1150. The van der Waals surface area contributed by atoms with Crippen molar-refractivity contribution in [3.63, 3.8) is 0 Å². The molecule has 0 fully saturated rings. The van der Waals surface area contributed by atoms with Crippen molar-refractivity contribution in [2.45, 2.75) is 0 Å². The van der Waals surface area contributed by atoms with Crippen LogP contribution in [0.25, 0.3) is 16.8 Å². The van der Waals surface area contributed by atoms with Gasteiger partial charge in [0.25, 0.3) is 0 Å². The van der Waals surface area contributed by atoms with Crippen LogP contribution >= 0.6 is 11.6 Å². The quantitative estimate of drug-likeness (QED) is 0.491. The summed E-state index contributed by atoms with van der Waals surface area (Å²) in [6.07, 6.45) is 3.62. The Labute approximate surface area is 172 Å². The Hall–Kier alpha value is -3.45. The molecule has 0 aliphatic heterocycles. The van der Waals surface area contributed by atoms with Crippen molar-refractivity contribution in [3.8, 4) is 28.4 Å². The lowest BCUT2D eigenvalue weighted by Crippen LogP contribution is -2.00. The molecule has 148 valence electrons. The van der Waals surface area contributed by atoms with Crippen molar-refractivity contribution in [1.82, 2.24) is 14.6 Å². The van der Waals surface area contributed by atoms with Crippen molar-refractivity contribution in [1.29, 1.82) is 0 Å². The maximum Gasteiger partial charge on any atom is 0.203 e. The van der Waals surface area contributed by atoms with E-state index in [1.54, 1.807) is 32.0 Å². The van der Waals surface area contributed by atoms with E-state index in [1.807, 2.05) is 48.7 Å². The van der Waals surface area contributed by atoms with Gasteiger partial charge in [-0.25, -0.2) is 9.50 Å². The van der Waals surface area contributed by atoms with Crippen LogP contribution in [0.1, 0.15) is 0 Å². The number of nitrogens with zero attached hydrogens (tertiary/aromatic N) is 3. The van der Waals surface area contributed by atoms with Gasteiger partial charge in [-0.15, -0.1) is 0 Å². The fourth-order valence-corrected chi connectivity index (χ4v) is 3.29. The third kappa shape index (κ3) is 3.64. The molecule has 0 bridgehead atoms. The third-order valence-electron chi connectivity index (χ3n) is 4.44. The van der Waals surface area contributed by atoms with Gasteiger partial charge in [0, 0.05) is 34.6 Å². The zero-order valence-electron chi connectivity index (χ0n) is 16.1. The molecular formula is C21H19ClN4O3. The number of aromatic nitrogens is 3. The van der Waals surface area contributed by atoms with Crippen LogP contribution in [0.3, 0.4) is 0 Å². The molecule has 0 unspecified atom stereocenters. The molecule has 0 saturated carbocycles. The number of fused-ring (bicyclic) bond motifs is 1. The fraction of sp³-hybridized carbons (Fsp3) is 0.143. The van der Waals surface area contributed by atoms with Gasteiger partial charge >= 0.3 is 0 Å². The first-order valence-corrected chi connectivity index (χ1v) is 9.18. The average Bonchev–Trinajstić information content (AvgIpc) is 3.16. The minimum Gasteiger partial charge on any atom is -0.493 e. The monoisotopic (exact) mass is 410 g/mol. The first-order valence-electron chi connectivity index (χ1n) is 8.80. The number of benzene rings is 2. The van der Waals surface area contributed by atoms with E-state index in [0.717, 1.165) is 16.8 Å². The summed E-state index contributed by atoms with van der Waals surface area (Å²) in [6.45, 7) is 0. The zero-order valence-corrected chi connectivity index (χ0v) is 16.9. The molecule has 0 saturated heterocycles. The van der Waals surface area contributed by atoms with Gasteiger partial charge < -0.3 is 19.5 Å². The van der Waals surface area contributed by atoms with Crippen molar-refractivity contribution in [2.75, 3.05) is 26.6 Å². The number of anilines is 2. The highest BCUT2D eigenvalue weighted by Gasteiger charge is 2.14. The van der Waals surface area contributed by atoms with Crippen LogP contribution in [0.5, 0.6) is 17.2 Å². The van der Waals surface area contributed by atoms with Crippen LogP contribution in [0.2, 0.25) is 5.02 Å². The van der Waals surface area contributed by atoms with Crippen LogP contribution in [-0.2, 0) is 0 Å². The van der Waals surface area contributed by atoms with E-state index in [2.05, 4.69) is 10.4 Å². The summed E-state index contributed by atoms with van der Waals surface area (Å²) in [4.78, 5) is 4.72. The lowest BCUT2D eigenvalue weighted by molar-refractivity contribution is 0.324. The molecule has 0 aliphatic carbocycles. The summed E-state index contributed by atoms with van der Waals surface area (Å²) < 4.78 is 17.9. The first-order chi connectivity index (χ1) is 14.1. The van der Waals surface area contributed by atoms with Gasteiger partial charge in [0.2, 0.25) is 5.75 Å². The third-order valence-corrected chi connectivity index (χ3v) is 4.68. The fourth-order valence-electron chi connectivity index (χ4n) is 3.10. The van der Waals surface area contributed by atoms with Gasteiger partial charge in [-0.1, -0.05) is 23.7 Å². The van der Waals surface area contributed by atoms with Gasteiger partial charge in [-0.05, 0) is 23.8 Å². The molecule has 1 N–H and O–H groups in total. The predicted octanol–water partition coefficient (Wildman–Crippen LogP) is 4.82. The average molecular weight is 411 g/mol. The first kappa shape index (κ1) is 18.9. The minimum atomic E-state index is 0.531. The zero-order chi connectivity index (χ0) is 20.4. The molecule has 29 heavy (non-hydrogen) atoms. The van der Waals surface area contributed by atoms with Crippen molar-refractivity contribution in [3.05, 3.63) is 59.9 Å². The Morgan fingerprint density at radius 2 is 1.72 bits per heavy atom. The Morgan fingerprint density at radius 3 is 2.38 bits per heavy atom. The second kappa shape index (κ2) is 7.89. The second-order valence-corrected chi connectivity index (χ2v) is 6.63. The standard InChI is InChI=1S/C21H19ClN4O3/c1-27-17-10-15(11-18(28-2)20(17)29-3)24-19-7-8-26-21(25-19)16(12-23-26)13-5-4-6-14(22)9-13/h4-12H,1-3H3,(H,24,25). The number of ether oxygens (including phenoxy) is 3. The van der Waals surface area contributed by atoms with E-state index in [9.17, 15) is 0 Å². The largest absolute Gasteiger partial charge is 0.493 e.